The zero-order chi connectivity index (χ0) is 21.1. The second-order valence-corrected chi connectivity index (χ2v) is 9.05. The third-order valence-corrected chi connectivity index (χ3v) is 6.77. The van der Waals surface area contributed by atoms with Gasteiger partial charge in [-0.2, -0.15) is 0 Å². The van der Waals surface area contributed by atoms with Gasteiger partial charge in [0.1, 0.15) is 6.10 Å². The molecular weight excluding hydrogens is 380 g/mol. The number of nitrogens with zero attached hydrogens (tertiary/aromatic N) is 4. The predicted molar refractivity (Wildman–Crippen MR) is 115 cm³/mol. The van der Waals surface area contributed by atoms with Gasteiger partial charge in [-0.05, 0) is 52.0 Å². The van der Waals surface area contributed by atoms with Crippen molar-refractivity contribution in [3.63, 3.8) is 0 Å². The summed E-state index contributed by atoms with van der Waals surface area (Å²) in [5.41, 5.74) is 0.844. The number of carbonyl (C=O) groups is 2. The van der Waals surface area contributed by atoms with Crippen LogP contribution in [0.5, 0.6) is 5.88 Å². The van der Waals surface area contributed by atoms with Crippen molar-refractivity contribution in [2.24, 2.45) is 5.92 Å². The number of anilines is 1. The van der Waals surface area contributed by atoms with Crippen molar-refractivity contribution in [2.75, 3.05) is 37.6 Å². The molecule has 0 N–H and O–H groups in total. The Balaban J connectivity index is 1.23. The lowest BCUT2D eigenvalue weighted by molar-refractivity contribution is -0.139. The molecule has 3 fully saturated rings. The average Bonchev–Trinajstić information content (AvgIpc) is 3.20. The lowest BCUT2D eigenvalue weighted by atomic mass is 9.86. The second kappa shape index (κ2) is 9.33. The maximum atomic E-state index is 12.9. The van der Waals surface area contributed by atoms with E-state index in [0.717, 1.165) is 70.5 Å². The first kappa shape index (κ1) is 21.1. The minimum absolute atomic E-state index is 0.110. The molecule has 4 rings (SSSR count). The quantitative estimate of drug-likeness (QED) is 0.741. The van der Waals surface area contributed by atoms with Crippen molar-refractivity contribution in [3.8, 4) is 5.88 Å². The van der Waals surface area contributed by atoms with Gasteiger partial charge in [-0.1, -0.05) is 0 Å². The number of piperazine rings is 1. The van der Waals surface area contributed by atoms with Crippen LogP contribution in [0, 0.1) is 5.92 Å². The SMILES string of the molecule is CC(C)N1CCN(C(=O)[C@H]2CC[C@H](Oc3ccc(N4CCCC4=O)cn3)CC2)CC1. The van der Waals surface area contributed by atoms with E-state index in [-0.39, 0.29) is 17.9 Å². The van der Waals surface area contributed by atoms with Crippen molar-refractivity contribution >= 4 is 17.5 Å². The Morgan fingerprint density at radius 1 is 1.07 bits per heavy atom. The Kier molecular flexibility index (Phi) is 6.56. The number of amides is 2. The van der Waals surface area contributed by atoms with Gasteiger partial charge >= 0.3 is 0 Å². The zero-order valence-corrected chi connectivity index (χ0v) is 18.3. The van der Waals surface area contributed by atoms with E-state index in [9.17, 15) is 9.59 Å². The maximum absolute atomic E-state index is 12.9. The molecule has 0 radical (unpaired) electrons. The van der Waals surface area contributed by atoms with Gasteiger partial charge in [0.25, 0.3) is 0 Å². The lowest BCUT2D eigenvalue weighted by Crippen LogP contribution is -2.52. The number of aromatic nitrogens is 1. The van der Waals surface area contributed by atoms with Crippen LogP contribution < -0.4 is 9.64 Å². The Morgan fingerprint density at radius 3 is 2.37 bits per heavy atom. The molecule has 7 heteroatoms. The summed E-state index contributed by atoms with van der Waals surface area (Å²) in [6, 6.07) is 4.32. The Bertz CT molecular complexity index is 735. The van der Waals surface area contributed by atoms with Crippen molar-refractivity contribution < 1.29 is 14.3 Å². The fraction of sp³-hybridized carbons (Fsp3) is 0.696. The summed E-state index contributed by atoms with van der Waals surface area (Å²) in [5.74, 6) is 1.23. The number of ether oxygens (including phenoxy) is 1. The molecule has 2 saturated heterocycles. The molecule has 164 valence electrons. The van der Waals surface area contributed by atoms with Crippen LogP contribution in [0.3, 0.4) is 0 Å². The Morgan fingerprint density at radius 2 is 1.80 bits per heavy atom. The van der Waals surface area contributed by atoms with Crippen molar-refractivity contribution in [1.29, 1.82) is 0 Å². The van der Waals surface area contributed by atoms with E-state index in [4.69, 9.17) is 4.74 Å². The van der Waals surface area contributed by atoms with Gasteiger partial charge in [0.15, 0.2) is 0 Å². The van der Waals surface area contributed by atoms with E-state index >= 15 is 0 Å². The van der Waals surface area contributed by atoms with E-state index < -0.39 is 0 Å². The summed E-state index contributed by atoms with van der Waals surface area (Å²) in [7, 11) is 0. The standard InChI is InChI=1S/C23H34N4O3/c1-17(2)25-12-14-26(15-13-25)23(29)18-5-8-20(9-6-18)30-21-10-7-19(16-24-21)27-11-3-4-22(27)28/h7,10,16-18,20H,3-6,8-9,11-15H2,1-2H3/t18-,20-. The van der Waals surface area contributed by atoms with Crippen molar-refractivity contribution in [1.82, 2.24) is 14.8 Å². The highest BCUT2D eigenvalue weighted by Gasteiger charge is 2.32. The molecule has 0 unspecified atom stereocenters. The minimum Gasteiger partial charge on any atom is -0.474 e. The van der Waals surface area contributed by atoms with Crippen LogP contribution in [0.25, 0.3) is 0 Å². The molecule has 0 atom stereocenters. The summed E-state index contributed by atoms with van der Waals surface area (Å²) in [6.45, 7) is 8.86. The normalized spacial score (nSPS) is 25.8. The highest BCUT2D eigenvalue weighted by atomic mass is 16.5. The molecule has 3 heterocycles. The molecule has 0 aromatic carbocycles. The van der Waals surface area contributed by atoms with E-state index in [2.05, 4.69) is 28.6 Å². The molecule has 1 aromatic rings. The van der Waals surface area contributed by atoms with Gasteiger partial charge in [-0.25, -0.2) is 4.98 Å². The lowest BCUT2D eigenvalue weighted by Gasteiger charge is -2.39. The van der Waals surface area contributed by atoms with Gasteiger partial charge in [-0.3, -0.25) is 14.5 Å². The third kappa shape index (κ3) is 4.77. The first-order chi connectivity index (χ1) is 14.5. The second-order valence-electron chi connectivity index (χ2n) is 9.05. The van der Waals surface area contributed by atoms with Crippen LogP contribution in [0.2, 0.25) is 0 Å². The average molecular weight is 415 g/mol. The van der Waals surface area contributed by atoms with Gasteiger partial charge in [-0.15, -0.1) is 0 Å². The van der Waals surface area contributed by atoms with Crippen LogP contribution >= 0.6 is 0 Å². The van der Waals surface area contributed by atoms with Crippen LogP contribution in [-0.2, 0) is 9.59 Å². The molecule has 2 aliphatic heterocycles. The maximum Gasteiger partial charge on any atom is 0.227 e. The molecule has 0 bridgehead atoms. The topological polar surface area (TPSA) is 66.0 Å². The van der Waals surface area contributed by atoms with Crippen molar-refractivity contribution in [2.45, 2.75) is 64.5 Å². The monoisotopic (exact) mass is 414 g/mol. The van der Waals surface area contributed by atoms with Crippen LogP contribution in [-0.4, -0.2) is 71.5 Å². The first-order valence-corrected chi connectivity index (χ1v) is 11.5. The highest BCUT2D eigenvalue weighted by Crippen LogP contribution is 2.30. The summed E-state index contributed by atoms with van der Waals surface area (Å²) in [5, 5.41) is 0. The number of hydrogen-bond acceptors (Lipinski definition) is 5. The Labute approximate surface area is 179 Å². The van der Waals surface area contributed by atoms with Gasteiger partial charge in [0, 0.05) is 57.2 Å². The number of pyridine rings is 1. The largest absolute Gasteiger partial charge is 0.474 e. The van der Waals surface area contributed by atoms with E-state index in [0.29, 0.717) is 24.2 Å². The molecule has 1 aromatic heterocycles. The minimum atomic E-state index is 0.110. The molecule has 30 heavy (non-hydrogen) atoms. The van der Waals surface area contributed by atoms with E-state index in [1.807, 2.05) is 12.1 Å². The molecule has 3 aliphatic rings. The van der Waals surface area contributed by atoms with E-state index in [1.54, 1.807) is 11.1 Å². The third-order valence-electron chi connectivity index (χ3n) is 6.77. The molecule has 2 amide bonds. The summed E-state index contributed by atoms with van der Waals surface area (Å²) < 4.78 is 6.07. The number of rotatable bonds is 5. The van der Waals surface area contributed by atoms with Gasteiger partial charge in [0.2, 0.25) is 17.7 Å². The molecule has 1 saturated carbocycles. The number of hydrogen-bond donors (Lipinski definition) is 0. The van der Waals surface area contributed by atoms with Gasteiger partial charge in [0.05, 0.1) is 11.9 Å². The van der Waals surface area contributed by atoms with Gasteiger partial charge < -0.3 is 14.5 Å². The number of carbonyl (C=O) groups excluding carboxylic acids is 2. The smallest absolute Gasteiger partial charge is 0.227 e. The molecule has 7 nitrogen and oxygen atoms in total. The first-order valence-electron chi connectivity index (χ1n) is 11.5. The van der Waals surface area contributed by atoms with Crippen LogP contribution in [0.1, 0.15) is 52.4 Å². The predicted octanol–water partition coefficient (Wildman–Crippen LogP) is 2.70. The molecule has 1 aliphatic carbocycles. The fourth-order valence-electron chi connectivity index (χ4n) is 4.84. The Hall–Kier alpha value is -2.15. The highest BCUT2D eigenvalue weighted by molar-refractivity contribution is 5.95. The van der Waals surface area contributed by atoms with E-state index in [1.165, 1.54) is 0 Å². The molecule has 0 spiro atoms. The fourth-order valence-corrected chi connectivity index (χ4v) is 4.84. The summed E-state index contributed by atoms with van der Waals surface area (Å²) in [6.07, 6.45) is 6.90. The zero-order valence-electron chi connectivity index (χ0n) is 18.3. The van der Waals surface area contributed by atoms with Crippen molar-refractivity contribution in [3.05, 3.63) is 18.3 Å². The molecular formula is C23H34N4O3. The summed E-state index contributed by atoms with van der Waals surface area (Å²) in [4.78, 5) is 35.5. The van der Waals surface area contributed by atoms with Crippen LogP contribution in [0.4, 0.5) is 5.69 Å². The van der Waals surface area contributed by atoms with Crippen LogP contribution in [0.15, 0.2) is 18.3 Å². The summed E-state index contributed by atoms with van der Waals surface area (Å²) >= 11 is 0.